The molecule has 0 N–H and O–H groups in total. The molecule has 100 valence electrons. The molecule has 19 heavy (non-hydrogen) atoms. The summed E-state index contributed by atoms with van der Waals surface area (Å²) in [5, 5.41) is 0.318. The van der Waals surface area contributed by atoms with Gasteiger partial charge in [-0.25, -0.2) is 9.37 Å². The molecule has 0 unspecified atom stereocenters. The minimum Gasteiger partial charge on any atom is -0.376 e. The van der Waals surface area contributed by atoms with Gasteiger partial charge in [0, 0.05) is 6.61 Å². The van der Waals surface area contributed by atoms with E-state index in [1.807, 2.05) is 0 Å². The fourth-order valence-corrected chi connectivity index (χ4v) is 2.43. The van der Waals surface area contributed by atoms with Crippen molar-refractivity contribution in [3.63, 3.8) is 0 Å². The van der Waals surface area contributed by atoms with Gasteiger partial charge in [0.25, 0.3) is 5.56 Å². The summed E-state index contributed by atoms with van der Waals surface area (Å²) >= 11 is 0. The highest BCUT2D eigenvalue weighted by atomic mass is 19.1. The molecule has 0 radical (unpaired) electrons. The molecule has 2 heterocycles. The second-order valence-corrected chi connectivity index (χ2v) is 4.85. The zero-order valence-corrected chi connectivity index (χ0v) is 10.5. The number of benzene rings is 1. The molecular weight excluding hydrogens is 247 g/mol. The van der Waals surface area contributed by atoms with Crippen LogP contribution in [0, 0.1) is 5.82 Å². The van der Waals surface area contributed by atoms with Gasteiger partial charge in [0.05, 0.1) is 29.9 Å². The zero-order chi connectivity index (χ0) is 13.2. The molecule has 0 saturated carbocycles. The monoisotopic (exact) mass is 262 g/mol. The standard InChI is InChI=1S/C14H15FN2O2/c15-10-4-5-13-12(7-10)14(18)17(9-16-13)8-11-3-1-2-6-19-11/h4-5,7,9,11H,1-3,6,8H2/t11-/m0/s1. The summed E-state index contributed by atoms with van der Waals surface area (Å²) in [5.74, 6) is -0.418. The van der Waals surface area contributed by atoms with Crippen molar-refractivity contribution in [2.75, 3.05) is 6.61 Å². The van der Waals surface area contributed by atoms with Crippen molar-refractivity contribution in [1.82, 2.24) is 9.55 Å². The molecule has 1 aromatic heterocycles. The number of nitrogens with zero attached hydrogens (tertiary/aromatic N) is 2. The molecule has 0 aliphatic carbocycles. The maximum atomic E-state index is 13.2. The Bertz CT molecular complexity index is 647. The van der Waals surface area contributed by atoms with Crippen molar-refractivity contribution in [3.8, 4) is 0 Å². The van der Waals surface area contributed by atoms with Crippen LogP contribution < -0.4 is 5.56 Å². The van der Waals surface area contributed by atoms with E-state index < -0.39 is 5.82 Å². The van der Waals surface area contributed by atoms with Crippen LogP contribution in [0.25, 0.3) is 10.9 Å². The fraction of sp³-hybridized carbons (Fsp3) is 0.429. The quantitative estimate of drug-likeness (QED) is 0.832. The summed E-state index contributed by atoms with van der Waals surface area (Å²) in [5.41, 5.74) is 0.311. The molecule has 4 nitrogen and oxygen atoms in total. The van der Waals surface area contributed by atoms with Crippen LogP contribution >= 0.6 is 0 Å². The molecule has 0 amide bonds. The highest BCUT2D eigenvalue weighted by Gasteiger charge is 2.15. The Labute approximate surface area is 109 Å². The summed E-state index contributed by atoms with van der Waals surface area (Å²) in [4.78, 5) is 16.4. The zero-order valence-electron chi connectivity index (χ0n) is 10.5. The number of aromatic nitrogens is 2. The van der Waals surface area contributed by atoms with Crippen LogP contribution in [0.4, 0.5) is 4.39 Å². The molecule has 5 heteroatoms. The third kappa shape index (κ3) is 2.51. The van der Waals surface area contributed by atoms with E-state index in [9.17, 15) is 9.18 Å². The summed E-state index contributed by atoms with van der Waals surface area (Å²) < 4.78 is 20.3. The van der Waals surface area contributed by atoms with Gasteiger partial charge in [0.1, 0.15) is 5.82 Å². The molecule has 2 aromatic rings. The molecule has 1 atom stereocenters. The van der Waals surface area contributed by atoms with Crippen LogP contribution in [0.1, 0.15) is 19.3 Å². The minimum atomic E-state index is -0.418. The molecule has 0 bridgehead atoms. The lowest BCUT2D eigenvalue weighted by Crippen LogP contribution is -2.30. The maximum absolute atomic E-state index is 13.2. The van der Waals surface area contributed by atoms with Crippen LogP contribution in [0.3, 0.4) is 0 Å². The first-order valence-corrected chi connectivity index (χ1v) is 6.50. The largest absolute Gasteiger partial charge is 0.376 e. The van der Waals surface area contributed by atoms with Crippen LogP contribution in [-0.4, -0.2) is 22.3 Å². The number of halogens is 1. The lowest BCUT2D eigenvalue weighted by atomic mass is 10.1. The molecule has 1 saturated heterocycles. The third-order valence-electron chi connectivity index (χ3n) is 3.46. The lowest BCUT2D eigenvalue weighted by Gasteiger charge is -2.23. The van der Waals surface area contributed by atoms with Crippen molar-refractivity contribution in [2.45, 2.75) is 31.9 Å². The van der Waals surface area contributed by atoms with E-state index in [2.05, 4.69) is 4.98 Å². The van der Waals surface area contributed by atoms with Gasteiger partial charge < -0.3 is 4.74 Å². The van der Waals surface area contributed by atoms with Gasteiger partial charge in [-0.3, -0.25) is 9.36 Å². The topological polar surface area (TPSA) is 44.1 Å². The summed E-state index contributed by atoms with van der Waals surface area (Å²) in [6, 6.07) is 4.07. The third-order valence-corrected chi connectivity index (χ3v) is 3.46. The second-order valence-electron chi connectivity index (χ2n) is 4.85. The Hall–Kier alpha value is -1.75. The van der Waals surface area contributed by atoms with Crippen LogP contribution in [-0.2, 0) is 11.3 Å². The van der Waals surface area contributed by atoms with Crippen LogP contribution in [0.2, 0.25) is 0 Å². The first-order valence-electron chi connectivity index (χ1n) is 6.50. The number of hydrogen-bond donors (Lipinski definition) is 0. The molecule has 1 fully saturated rings. The van der Waals surface area contributed by atoms with Crippen LogP contribution in [0.5, 0.6) is 0 Å². The van der Waals surface area contributed by atoms with Gasteiger partial charge in [0.2, 0.25) is 0 Å². The summed E-state index contributed by atoms with van der Waals surface area (Å²) in [7, 11) is 0. The number of rotatable bonds is 2. The number of hydrogen-bond acceptors (Lipinski definition) is 3. The molecule has 1 aromatic carbocycles. The Kier molecular flexibility index (Phi) is 3.29. The van der Waals surface area contributed by atoms with E-state index in [1.165, 1.54) is 29.1 Å². The predicted octanol–water partition coefficient (Wildman–Crippen LogP) is 2.10. The van der Waals surface area contributed by atoms with Gasteiger partial charge >= 0.3 is 0 Å². The SMILES string of the molecule is O=c1c2cc(F)ccc2ncn1C[C@@H]1CCCCO1. The Morgan fingerprint density at radius 2 is 2.32 bits per heavy atom. The highest BCUT2D eigenvalue weighted by molar-refractivity contribution is 5.77. The average Bonchev–Trinajstić information content (AvgIpc) is 2.44. The van der Waals surface area contributed by atoms with Crippen molar-refractivity contribution in [1.29, 1.82) is 0 Å². The van der Waals surface area contributed by atoms with Crippen molar-refractivity contribution >= 4 is 10.9 Å². The van der Waals surface area contributed by atoms with Crippen molar-refractivity contribution in [2.24, 2.45) is 0 Å². The molecule has 1 aliphatic heterocycles. The summed E-state index contributed by atoms with van der Waals surface area (Å²) in [6.07, 6.45) is 4.72. The van der Waals surface area contributed by atoms with E-state index >= 15 is 0 Å². The van der Waals surface area contributed by atoms with E-state index in [-0.39, 0.29) is 11.7 Å². The number of fused-ring (bicyclic) bond motifs is 1. The normalized spacial score (nSPS) is 19.7. The Balaban J connectivity index is 1.95. The number of ether oxygens (including phenoxy) is 1. The lowest BCUT2D eigenvalue weighted by molar-refractivity contribution is 0.00535. The van der Waals surface area contributed by atoms with Crippen molar-refractivity contribution < 1.29 is 9.13 Å². The molecule has 0 spiro atoms. The van der Waals surface area contributed by atoms with Gasteiger partial charge in [-0.1, -0.05) is 0 Å². The predicted molar refractivity (Wildman–Crippen MR) is 69.6 cm³/mol. The van der Waals surface area contributed by atoms with Crippen LogP contribution in [0.15, 0.2) is 29.3 Å². The highest BCUT2D eigenvalue weighted by Crippen LogP contribution is 2.14. The van der Waals surface area contributed by atoms with Gasteiger partial charge in [-0.05, 0) is 37.5 Å². The van der Waals surface area contributed by atoms with E-state index in [0.717, 1.165) is 25.9 Å². The smallest absolute Gasteiger partial charge is 0.261 e. The van der Waals surface area contributed by atoms with Gasteiger partial charge in [-0.15, -0.1) is 0 Å². The Morgan fingerprint density at radius 1 is 1.42 bits per heavy atom. The average molecular weight is 262 g/mol. The van der Waals surface area contributed by atoms with Gasteiger partial charge in [-0.2, -0.15) is 0 Å². The van der Waals surface area contributed by atoms with Crippen molar-refractivity contribution in [3.05, 3.63) is 40.7 Å². The fourth-order valence-electron chi connectivity index (χ4n) is 2.43. The molecule has 1 aliphatic rings. The molecule has 3 rings (SSSR count). The molecular formula is C14H15FN2O2. The van der Waals surface area contributed by atoms with E-state index in [1.54, 1.807) is 0 Å². The van der Waals surface area contributed by atoms with Gasteiger partial charge in [0.15, 0.2) is 0 Å². The summed E-state index contributed by atoms with van der Waals surface area (Å²) in [6.45, 7) is 1.23. The Morgan fingerprint density at radius 3 is 3.11 bits per heavy atom. The maximum Gasteiger partial charge on any atom is 0.261 e. The first-order chi connectivity index (χ1) is 9.24. The van der Waals surface area contributed by atoms with E-state index in [4.69, 9.17) is 4.74 Å². The minimum absolute atomic E-state index is 0.0549. The first kappa shape index (κ1) is 12.3. The second kappa shape index (κ2) is 5.09. The van der Waals surface area contributed by atoms with E-state index in [0.29, 0.717) is 17.4 Å².